The SMILES string of the molecule is CC1CN(C(=O)C2CCNCC2)c2ccc(F)cc2O1.Cl. The third-order valence-electron chi connectivity index (χ3n) is 3.93. The van der Waals surface area contributed by atoms with Crippen LogP contribution < -0.4 is 15.0 Å². The molecule has 4 nitrogen and oxygen atoms in total. The lowest BCUT2D eigenvalue weighted by molar-refractivity contribution is -0.123. The van der Waals surface area contributed by atoms with Gasteiger partial charge >= 0.3 is 0 Å². The molecule has 2 aliphatic heterocycles. The maximum atomic E-state index is 13.3. The van der Waals surface area contributed by atoms with E-state index in [1.54, 1.807) is 11.0 Å². The molecule has 2 heterocycles. The Hall–Kier alpha value is -1.33. The molecule has 3 rings (SSSR count). The lowest BCUT2D eigenvalue weighted by Gasteiger charge is -2.36. The van der Waals surface area contributed by atoms with Gasteiger partial charge in [-0.15, -0.1) is 12.4 Å². The van der Waals surface area contributed by atoms with E-state index in [0.29, 0.717) is 18.0 Å². The van der Waals surface area contributed by atoms with Crippen LogP contribution in [0.3, 0.4) is 0 Å². The predicted molar refractivity (Wildman–Crippen MR) is 81.7 cm³/mol. The van der Waals surface area contributed by atoms with Gasteiger partial charge in [0.25, 0.3) is 0 Å². The minimum Gasteiger partial charge on any atom is -0.487 e. The molecule has 0 aromatic heterocycles. The monoisotopic (exact) mass is 314 g/mol. The summed E-state index contributed by atoms with van der Waals surface area (Å²) in [6, 6.07) is 4.37. The van der Waals surface area contributed by atoms with Crippen LogP contribution in [0.2, 0.25) is 0 Å². The van der Waals surface area contributed by atoms with Gasteiger partial charge in [0, 0.05) is 12.0 Å². The number of anilines is 1. The van der Waals surface area contributed by atoms with E-state index in [1.807, 2.05) is 6.92 Å². The normalized spacial score (nSPS) is 22.0. The zero-order valence-electron chi connectivity index (χ0n) is 12.0. The van der Waals surface area contributed by atoms with Crippen molar-refractivity contribution in [3.05, 3.63) is 24.0 Å². The molecule has 1 atom stereocenters. The van der Waals surface area contributed by atoms with Crippen molar-refractivity contribution in [3.8, 4) is 5.75 Å². The Morgan fingerprint density at radius 3 is 2.81 bits per heavy atom. The van der Waals surface area contributed by atoms with Crippen LogP contribution >= 0.6 is 12.4 Å². The van der Waals surface area contributed by atoms with Crippen LogP contribution in [0.5, 0.6) is 5.75 Å². The van der Waals surface area contributed by atoms with Gasteiger partial charge in [0.05, 0.1) is 12.2 Å². The van der Waals surface area contributed by atoms with E-state index >= 15 is 0 Å². The number of hydrogen-bond donors (Lipinski definition) is 1. The lowest BCUT2D eigenvalue weighted by atomic mass is 9.96. The molecule has 0 saturated carbocycles. The topological polar surface area (TPSA) is 41.6 Å². The fourth-order valence-electron chi connectivity index (χ4n) is 2.91. The van der Waals surface area contributed by atoms with Gasteiger partial charge in [0.15, 0.2) is 0 Å². The molecule has 1 fully saturated rings. The highest BCUT2D eigenvalue weighted by atomic mass is 35.5. The van der Waals surface area contributed by atoms with Crippen LogP contribution in [0.1, 0.15) is 19.8 Å². The predicted octanol–water partition coefficient (Wildman–Crippen LogP) is 2.36. The van der Waals surface area contributed by atoms with Gasteiger partial charge in [0.1, 0.15) is 17.7 Å². The number of ether oxygens (including phenoxy) is 1. The Bertz CT molecular complexity index is 520. The molecule has 1 N–H and O–H groups in total. The summed E-state index contributed by atoms with van der Waals surface area (Å²) in [5, 5.41) is 3.26. The molecule has 0 bridgehead atoms. The molecular formula is C15H20ClFN2O2. The minimum absolute atomic E-state index is 0. The van der Waals surface area contributed by atoms with E-state index in [1.165, 1.54) is 12.1 Å². The minimum atomic E-state index is -0.341. The zero-order valence-corrected chi connectivity index (χ0v) is 12.8. The third-order valence-corrected chi connectivity index (χ3v) is 3.93. The number of amides is 1. The van der Waals surface area contributed by atoms with E-state index in [4.69, 9.17) is 4.74 Å². The first-order chi connectivity index (χ1) is 9.65. The van der Waals surface area contributed by atoms with Gasteiger partial charge in [-0.2, -0.15) is 0 Å². The second-order valence-corrected chi connectivity index (χ2v) is 5.51. The van der Waals surface area contributed by atoms with Crippen molar-refractivity contribution in [3.63, 3.8) is 0 Å². The first-order valence-corrected chi connectivity index (χ1v) is 7.13. The highest BCUT2D eigenvalue weighted by Crippen LogP contribution is 2.35. The highest BCUT2D eigenvalue weighted by molar-refractivity contribution is 5.97. The van der Waals surface area contributed by atoms with Gasteiger partial charge in [-0.1, -0.05) is 0 Å². The summed E-state index contributed by atoms with van der Waals surface area (Å²) in [5.41, 5.74) is 0.688. The van der Waals surface area contributed by atoms with Crippen LogP contribution in [-0.4, -0.2) is 31.6 Å². The number of halogens is 2. The van der Waals surface area contributed by atoms with Gasteiger partial charge in [0.2, 0.25) is 5.91 Å². The molecule has 1 amide bonds. The summed E-state index contributed by atoms with van der Waals surface area (Å²) < 4.78 is 18.9. The molecule has 2 aliphatic rings. The molecular weight excluding hydrogens is 295 g/mol. The average molecular weight is 315 g/mol. The molecule has 1 unspecified atom stereocenters. The largest absolute Gasteiger partial charge is 0.487 e. The van der Waals surface area contributed by atoms with E-state index < -0.39 is 0 Å². The molecule has 0 radical (unpaired) electrons. The Morgan fingerprint density at radius 1 is 1.38 bits per heavy atom. The van der Waals surface area contributed by atoms with Crippen molar-refractivity contribution < 1.29 is 13.9 Å². The summed E-state index contributed by atoms with van der Waals surface area (Å²) >= 11 is 0. The number of piperidine rings is 1. The molecule has 116 valence electrons. The molecule has 6 heteroatoms. The molecule has 21 heavy (non-hydrogen) atoms. The molecule has 1 aromatic rings. The molecule has 1 saturated heterocycles. The first kappa shape index (κ1) is 16.0. The van der Waals surface area contributed by atoms with Gasteiger partial charge in [-0.05, 0) is 45.0 Å². The summed E-state index contributed by atoms with van der Waals surface area (Å²) in [6.45, 7) is 4.19. The fourth-order valence-corrected chi connectivity index (χ4v) is 2.91. The Labute approximate surface area is 130 Å². The number of nitrogens with zero attached hydrogens (tertiary/aromatic N) is 1. The van der Waals surface area contributed by atoms with Crippen molar-refractivity contribution in [1.29, 1.82) is 0 Å². The Balaban J connectivity index is 0.00000161. The zero-order chi connectivity index (χ0) is 14.1. The second kappa shape index (κ2) is 6.62. The van der Waals surface area contributed by atoms with Gasteiger partial charge in [-0.25, -0.2) is 4.39 Å². The molecule has 0 aliphatic carbocycles. The van der Waals surface area contributed by atoms with Crippen LogP contribution in [0.4, 0.5) is 10.1 Å². The van der Waals surface area contributed by atoms with Crippen LogP contribution in [0, 0.1) is 11.7 Å². The Morgan fingerprint density at radius 2 is 2.10 bits per heavy atom. The summed E-state index contributed by atoms with van der Waals surface area (Å²) in [7, 11) is 0. The second-order valence-electron chi connectivity index (χ2n) is 5.51. The van der Waals surface area contributed by atoms with Crippen molar-refractivity contribution >= 4 is 24.0 Å². The number of rotatable bonds is 1. The van der Waals surface area contributed by atoms with Crippen molar-refractivity contribution in [2.24, 2.45) is 5.92 Å². The van der Waals surface area contributed by atoms with Crippen LogP contribution in [0.15, 0.2) is 18.2 Å². The summed E-state index contributed by atoms with van der Waals surface area (Å²) in [4.78, 5) is 14.5. The van der Waals surface area contributed by atoms with E-state index in [-0.39, 0.29) is 36.2 Å². The number of carbonyl (C=O) groups excluding carboxylic acids is 1. The highest BCUT2D eigenvalue weighted by Gasteiger charge is 2.32. The van der Waals surface area contributed by atoms with Gasteiger partial charge < -0.3 is 15.0 Å². The number of benzene rings is 1. The standard InChI is InChI=1S/C15H19FN2O2.ClH/c1-10-9-18(15(19)11-4-6-17-7-5-11)13-3-2-12(16)8-14(13)20-10;/h2-3,8,10-11,17H,4-7,9H2,1H3;1H. The average Bonchev–Trinajstić information content (AvgIpc) is 2.46. The maximum Gasteiger partial charge on any atom is 0.230 e. The molecule has 1 aromatic carbocycles. The number of carbonyl (C=O) groups is 1. The van der Waals surface area contributed by atoms with Gasteiger partial charge in [-0.3, -0.25) is 4.79 Å². The summed E-state index contributed by atoms with van der Waals surface area (Å²) in [6.07, 6.45) is 1.61. The van der Waals surface area contributed by atoms with Crippen molar-refractivity contribution in [2.45, 2.75) is 25.9 Å². The molecule has 0 spiro atoms. The quantitative estimate of drug-likeness (QED) is 0.865. The van der Waals surface area contributed by atoms with E-state index in [0.717, 1.165) is 25.9 Å². The van der Waals surface area contributed by atoms with Crippen molar-refractivity contribution in [1.82, 2.24) is 5.32 Å². The van der Waals surface area contributed by atoms with E-state index in [9.17, 15) is 9.18 Å². The number of nitrogens with one attached hydrogen (secondary N) is 1. The lowest BCUT2D eigenvalue weighted by Crippen LogP contribution is -2.47. The Kier molecular flexibility index (Phi) is 5.06. The van der Waals surface area contributed by atoms with Crippen LogP contribution in [0.25, 0.3) is 0 Å². The first-order valence-electron chi connectivity index (χ1n) is 7.13. The third kappa shape index (κ3) is 3.30. The summed E-state index contributed by atoms with van der Waals surface area (Å²) in [5.74, 6) is 0.312. The smallest absolute Gasteiger partial charge is 0.230 e. The van der Waals surface area contributed by atoms with E-state index in [2.05, 4.69) is 5.32 Å². The van der Waals surface area contributed by atoms with Crippen molar-refractivity contribution in [2.75, 3.05) is 24.5 Å². The number of fused-ring (bicyclic) bond motifs is 1. The fraction of sp³-hybridized carbons (Fsp3) is 0.533. The number of hydrogen-bond acceptors (Lipinski definition) is 3. The van der Waals surface area contributed by atoms with Crippen LogP contribution in [-0.2, 0) is 4.79 Å². The maximum absolute atomic E-state index is 13.3.